The van der Waals surface area contributed by atoms with E-state index in [0.29, 0.717) is 22.4 Å². The van der Waals surface area contributed by atoms with Gasteiger partial charge in [0, 0.05) is 23.2 Å². The van der Waals surface area contributed by atoms with Crippen molar-refractivity contribution in [3.63, 3.8) is 0 Å². The van der Waals surface area contributed by atoms with E-state index in [9.17, 15) is 4.79 Å². The molecule has 186 valence electrons. The first-order chi connectivity index (χ1) is 17.0. The second kappa shape index (κ2) is 10.9. The van der Waals surface area contributed by atoms with Crippen LogP contribution in [0.4, 0.5) is 0 Å². The Balaban J connectivity index is 1.09. The number of likely N-dealkylation sites (tertiary alicyclic amines) is 1. The molecule has 5 nitrogen and oxygen atoms in total. The third-order valence-electron chi connectivity index (χ3n) is 7.60. The summed E-state index contributed by atoms with van der Waals surface area (Å²) in [7, 11) is 1.71. The van der Waals surface area contributed by atoms with Crippen molar-refractivity contribution in [2.75, 3.05) is 33.4 Å². The normalized spacial score (nSPS) is 22.8. The van der Waals surface area contributed by atoms with Gasteiger partial charge in [0.15, 0.2) is 0 Å². The third-order valence-corrected chi connectivity index (χ3v) is 8.41. The summed E-state index contributed by atoms with van der Waals surface area (Å²) in [4.78, 5) is 15.5. The molecule has 2 atom stereocenters. The highest BCUT2D eigenvalue weighted by Gasteiger charge is 2.30. The highest BCUT2D eigenvalue weighted by molar-refractivity contribution is 9.10. The zero-order chi connectivity index (χ0) is 24.4. The summed E-state index contributed by atoms with van der Waals surface area (Å²) in [5.74, 6) is 2.91. The molecule has 3 aliphatic rings. The highest BCUT2D eigenvalue weighted by atomic mass is 79.9. The number of amides is 1. The van der Waals surface area contributed by atoms with Crippen LogP contribution in [0.5, 0.6) is 11.5 Å². The van der Waals surface area contributed by atoms with E-state index < -0.39 is 0 Å². The van der Waals surface area contributed by atoms with E-state index in [1.54, 1.807) is 13.2 Å². The Morgan fingerprint density at radius 2 is 1.94 bits per heavy atom. The topological polar surface area (TPSA) is 50.8 Å². The standard InChI is InChI=1S/C28H32BrClN2O3/c1-34-25-6-3-19(4-7-25)20-8-10-32(11-9-20)16-18-2-5-24(12-18)31-28(33)22-13-21-14-23(30)15-26(29)27(21)35-17-22/h3-4,6-7,13-15,18,20,24H,2,5,8-12,16-17H2,1H3,(H,31,33). The van der Waals surface area contributed by atoms with Crippen LogP contribution in [0.25, 0.3) is 6.08 Å². The first-order valence-corrected chi connectivity index (χ1v) is 13.6. The lowest BCUT2D eigenvalue weighted by Crippen LogP contribution is -2.38. The molecule has 2 fully saturated rings. The molecule has 0 spiro atoms. The summed E-state index contributed by atoms with van der Waals surface area (Å²) in [6.07, 6.45) is 7.56. The number of hydrogen-bond acceptors (Lipinski definition) is 4. The van der Waals surface area contributed by atoms with Crippen molar-refractivity contribution >= 4 is 39.5 Å². The van der Waals surface area contributed by atoms with E-state index in [2.05, 4.69) is 50.4 Å². The largest absolute Gasteiger partial charge is 0.497 e. The highest BCUT2D eigenvalue weighted by Crippen LogP contribution is 2.37. The lowest BCUT2D eigenvalue weighted by atomic mass is 9.89. The van der Waals surface area contributed by atoms with Crippen molar-refractivity contribution in [1.82, 2.24) is 10.2 Å². The average Bonchev–Trinajstić information content (AvgIpc) is 3.30. The Morgan fingerprint density at radius 3 is 2.69 bits per heavy atom. The number of benzene rings is 2. The zero-order valence-corrected chi connectivity index (χ0v) is 22.4. The number of ether oxygens (including phenoxy) is 2. The van der Waals surface area contributed by atoms with Gasteiger partial charge in [-0.15, -0.1) is 0 Å². The Labute approximate surface area is 220 Å². The number of fused-ring (bicyclic) bond motifs is 1. The molecule has 5 rings (SSSR count). The van der Waals surface area contributed by atoms with Crippen LogP contribution in [-0.2, 0) is 4.79 Å². The van der Waals surface area contributed by atoms with Crippen molar-refractivity contribution in [3.05, 3.63) is 62.6 Å². The summed E-state index contributed by atoms with van der Waals surface area (Å²) in [6.45, 7) is 3.70. The van der Waals surface area contributed by atoms with E-state index in [1.807, 2.05) is 12.1 Å². The Kier molecular flexibility index (Phi) is 7.71. The molecule has 1 N–H and O–H groups in total. The van der Waals surface area contributed by atoms with E-state index in [1.165, 1.54) is 24.8 Å². The van der Waals surface area contributed by atoms with Gasteiger partial charge in [0.05, 0.1) is 17.2 Å². The van der Waals surface area contributed by atoms with Crippen LogP contribution in [0, 0.1) is 5.92 Å². The molecule has 1 saturated heterocycles. The summed E-state index contributed by atoms with van der Waals surface area (Å²) >= 11 is 9.65. The lowest BCUT2D eigenvalue weighted by Gasteiger charge is -2.33. The molecule has 2 aromatic carbocycles. The quantitative estimate of drug-likeness (QED) is 0.468. The van der Waals surface area contributed by atoms with E-state index in [4.69, 9.17) is 21.1 Å². The van der Waals surface area contributed by atoms with Crippen LogP contribution in [0.15, 0.2) is 46.4 Å². The number of hydrogen-bond donors (Lipinski definition) is 1. The second-order valence-corrected chi connectivity index (χ2v) is 11.3. The number of methoxy groups -OCH3 is 1. The minimum Gasteiger partial charge on any atom is -0.497 e. The van der Waals surface area contributed by atoms with Crippen LogP contribution < -0.4 is 14.8 Å². The Morgan fingerprint density at radius 1 is 1.17 bits per heavy atom. The molecule has 1 aliphatic carbocycles. The third kappa shape index (κ3) is 5.87. The van der Waals surface area contributed by atoms with Gasteiger partial charge in [0.25, 0.3) is 5.91 Å². The molecule has 0 radical (unpaired) electrons. The maximum atomic E-state index is 12.9. The van der Waals surface area contributed by atoms with Crippen LogP contribution in [0.3, 0.4) is 0 Å². The predicted octanol–water partition coefficient (Wildman–Crippen LogP) is 6.05. The molecule has 35 heavy (non-hydrogen) atoms. The van der Waals surface area contributed by atoms with Gasteiger partial charge in [0.2, 0.25) is 0 Å². The van der Waals surface area contributed by atoms with Gasteiger partial charge < -0.3 is 19.7 Å². The molecule has 7 heteroatoms. The molecular weight excluding hydrogens is 528 g/mol. The molecule has 2 aliphatic heterocycles. The molecule has 1 saturated carbocycles. The number of piperidine rings is 1. The van der Waals surface area contributed by atoms with Crippen molar-refractivity contribution in [2.24, 2.45) is 5.92 Å². The summed E-state index contributed by atoms with van der Waals surface area (Å²) in [5.41, 5.74) is 2.91. The fourth-order valence-electron chi connectivity index (χ4n) is 5.69. The minimum absolute atomic E-state index is 0.0299. The van der Waals surface area contributed by atoms with Gasteiger partial charge in [-0.25, -0.2) is 0 Å². The van der Waals surface area contributed by atoms with Gasteiger partial charge in [0.1, 0.15) is 18.1 Å². The monoisotopic (exact) mass is 558 g/mol. The number of nitrogens with zero attached hydrogens (tertiary/aromatic N) is 1. The summed E-state index contributed by atoms with van der Waals surface area (Å²) in [5, 5.41) is 3.87. The van der Waals surface area contributed by atoms with Gasteiger partial charge >= 0.3 is 0 Å². The summed E-state index contributed by atoms with van der Waals surface area (Å²) in [6, 6.07) is 12.4. The fourth-order valence-corrected chi connectivity index (χ4v) is 6.64. The Bertz CT molecular complexity index is 1100. The molecule has 2 aromatic rings. The molecular formula is C28H32BrClN2O3. The van der Waals surface area contributed by atoms with Crippen LogP contribution >= 0.6 is 27.5 Å². The van der Waals surface area contributed by atoms with Crippen molar-refractivity contribution in [2.45, 2.75) is 44.1 Å². The first-order valence-electron chi connectivity index (χ1n) is 12.5. The smallest absolute Gasteiger partial charge is 0.250 e. The molecule has 0 aromatic heterocycles. The van der Waals surface area contributed by atoms with E-state index in [-0.39, 0.29) is 18.6 Å². The Hall–Kier alpha value is -2.02. The molecule has 1 amide bonds. The molecule has 2 heterocycles. The van der Waals surface area contributed by atoms with Crippen molar-refractivity contribution in [1.29, 1.82) is 0 Å². The first kappa shape index (κ1) is 24.7. The number of carbonyl (C=O) groups excluding carboxylic acids is 1. The number of nitrogens with one attached hydrogen (secondary N) is 1. The van der Waals surface area contributed by atoms with E-state index in [0.717, 1.165) is 54.0 Å². The molecule has 2 unspecified atom stereocenters. The van der Waals surface area contributed by atoms with Gasteiger partial charge in [-0.05, 0) is 109 Å². The average molecular weight is 560 g/mol. The zero-order valence-electron chi connectivity index (χ0n) is 20.1. The van der Waals surface area contributed by atoms with Crippen LogP contribution in [0.1, 0.15) is 49.1 Å². The van der Waals surface area contributed by atoms with Crippen molar-refractivity contribution < 1.29 is 14.3 Å². The van der Waals surface area contributed by atoms with Crippen LogP contribution in [-0.4, -0.2) is 50.2 Å². The van der Waals surface area contributed by atoms with Crippen LogP contribution in [0.2, 0.25) is 5.02 Å². The number of carbonyl (C=O) groups is 1. The maximum absolute atomic E-state index is 12.9. The minimum atomic E-state index is -0.0299. The van der Waals surface area contributed by atoms with Gasteiger partial charge in [-0.2, -0.15) is 0 Å². The lowest BCUT2D eigenvalue weighted by molar-refractivity contribution is -0.118. The maximum Gasteiger partial charge on any atom is 0.250 e. The predicted molar refractivity (Wildman–Crippen MR) is 143 cm³/mol. The summed E-state index contributed by atoms with van der Waals surface area (Å²) < 4.78 is 11.9. The van der Waals surface area contributed by atoms with Gasteiger partial charge in [-0.3, -0.25) is 4.79 Å². The number of halogens is 2. The van der Waals surface area contributed by atoms with E-state index >= 15 is 0 Å². The number of rotatable bonds is 6. The SMILES string of the molecule is COc1ccc(C2CCN(CC3CCC(NC(=O)C4=Cc5cc(Cl)cc(Br)c5OC4)C3)CC2)cc1. The van der Waals surface area contributed by atoms with Crippen molar-refractivity contribution in [3.8, 4) is 11.5 Å². The molecule has 0 bridgehead atoms. The van der Waals surface area contributed by atoms with Gasteiger partial charge in [-0.1, -0.05) is 23.7 Å². The second-order valence-electron chi connectivity index (χ2n) is 9.96. The fraction of sp³-hybridized carbons (Fsp3) is 0.464.